The van der Waals surface area contributed by atoms with Crippen molar-refractivity contribution in [3.63, 3.8) is 0 Å². The molecule has 60 heavy (non-hydrogen) atoms. The van der Waals surface area contributed by atoms with Crippen LogP contribution in [-0.2, 0) is 40.5 Å². The Balaban J connectivity index is 2.66. The van der Waals surface area contributed by atoms with Gasteiger partial charge in [-0.05, 0) is 63.1 Å². The number of nitrogens with zero attached hydrogens (tertiary/aromatic N) is 2. The number of carboxylic acid groups (broad SMARTS) is 1. The number of aromatic carboxylic acids is 1. The number of carbonyl (C=O) groups excluding carboxylic acids is 2. The summed E-state index contributed by atoms with van der Waals surface area (Å²) < 4.78 is 129. The lowest BCUT2D eigenvalue weighted by molar-refractivity contribution is -0.440. The molecule has 0 unspecified atom stereocenters. The Labute approximate surface area is 349 Å². The van der Waals surface area contributed by atoms with Gasteiger partial charge in [-0.3, -0.25) is 27.8 Å². The number of carbonyl (C=O) groups is 3. The number of benzene rings is 2. The van der Waals surface area contributed by atoms with Crippen LogP contribution in [0.5, 0.6) is 0 Å². The van der Waals surface area contributed by atoms with Crippen LogP contribution in [0.4, 0.5) is 11.4 Å². The molecule has 0 atom stereocenters. The van der Waals surface area contributed by atoms with Crippen molar-refractivity contribution in [2.45, 2.75) is 40.5 Å². The van der Waals surface area contributed by atoms with Crippen molar-refractivity contribution in [1.29, 1.82) is 0 Å². The smallest absolute Gasteiger partial charge is 0.335 e. The average Bonchev–Trinajstić information content (AvgIpc) is 3.10. The number of aryl methyl sites for hydroxylation is 1. The van der Waals surface area contributed by atoms with Gasteiger partial charge in [0, 0.05) is 73.2 Å². The van der Waals surface area contributed by atoms with Crippen molar-refractivity contribution < 1.29 is 75.9 Å². The number of amides is 2. The maximum atomic E-state index is 13.3. The fraction of sp³-hybridized carbons (Fsp3) is 0.389. The summed E-state index contributed by atoms with van der Waals surface area (Å²) >= 11 is 0. The van der Waals surface area contributed by atoms with Gasteiger partial charge in [-0.2, -0.15) is 38.2 Å². The molecule has 0 aliphatic rings. The van der Waals surface area contributed by atoms with Gasteiger partial charge >= 0.3 is 5.97 Å². The van der Waals surface area contributed by atoms with Crippen LogP contribution in [0.3, 0.4) is 0 Å². The van der Waals surface area contributed by atoms with E-state index < -0.39 is 94.4 Å². The van der Waals surface area contributed by atoms with Gasteiger partial charge in [0.1, 0.15) is 6.54 Å². The molecule has 0 aliphatic heterocycles. The van der Waals surface area contributed by atoms with Gasteiger partial charge in [0.15, 0.2) is 5.71 Å². The number of carboxylic acids is 1. The van der Waals surface area contributed by atoms with E-state index in [0.29, 0.717) is 22.7 Å². The predicted octanol–water partition coefficient (Wildman–Crippen LogP) is 2.42. The molecule has 2 rings (SSSR count). The summed E-state index contributed by atoms with van der Waals surface area (Å²) in [7, 11) is -17.6. The van der Waals surface area contributed by atoms with Gasteiger partial charge in [0.25, 0.3) is 52.3 Å². The zero-order valence-corrected chi connectivity index (χ0v) is 36.4. The summed E-state index contributed by atoms with van der Waals surface area (Å²) in [5.41, 5.74) is 2.34. The number of nitrogens with one attached hydrogen (secondary N) is 2. The summed E-state index contributed by atoms with van der Waals surface area (Å²) in [6.07, 6.45) is 8.00. The van der Waals surface area contributed by atoms with Gasteiger partial charge < -0.3 is 20.6 Å². The fourth-order valence-corrected chi connectivity index (χ4v) is 7.35. The first-order valence-corrected chi connectivity index (χ1v) is 24.3. The fourth-order valence-electron chi connectivity index (χ4n) is 5.64. The molecule has 20 nitrogen and oxygen atoms in total. The molecule has 2 amide bonds. The minimum absolute atomic E-state index is 0.0378. The van der Waals surface area contributed by atoms with E-state index in [2.05, 4.69) is 10.6 Å². The normalized spacial score (nSPS) is 13.4. The van der Waals surface area contributed by atoms with Gasteiger partial charge in [-0.1, -0.05) is 18.2 Å². The molecule has 2 aromatic rings. The molecule has 0 fully saturated rings. The lowest BCUT2D eigenvalue weighted by Gasteiger charge is -2.27. The zero-order chi connectivity index (χ0) is 45.6. The van der Waals surface area contributed by atoms with Crippen LogP contribution in [0, 0.1) is 13.8 Å². The lowest BCUT2D eigenvalue weighted by Crippen LogP contribution is -2.31. The molecule has 0 radical (unpaired) electrons. The summed E-state index contributed by atoms with van der Waals surface area (Å²) in [4.78, 5) is 39.7. The molecular formula is C36H49N4O16S4+. The molecular weight excluding hydrogens is 873 g/mol. The molecule has 24 heteroatoms. The zero-order valence-electron chi connectivity index (χ0n) is 33.1. The first-order valence-electron chi connectivity index (χ1n) is 17.8. The van der Waals surface area contributed by atoms with Gasteiger partial charge in [-0.15, -0.1) is 0 Å². The number of rotatable bonds is 23. The Bertz CT molecular complexity index is 2510. The first-order chi connectivity index (χ1) is 27.6. The summed E-state index contributed by atoms with van der Waals surface area (Å²) in [6, 6.07) is 6.93. The lowest BCUT2D eigenvalue weighted by atomic mass is 10.00. The van der Waals surface area contributed by atoms with Gasteiger partial charge in [0.05, 0.1) is 28.6 Å². The van der Waals surface area contributed by atoms with Crippen molar-refractivity contribution in [3.8, 4) is 0 Å². The van der Waals surface area contributed by atoms with Crippen LogP contribution in [0.15, 0.2) is 66.4 Å². The van der Waals surface area contributed by atoms with E-state index in [9.17, 15) is 62.3 Å². The summed E-state index contributed by atoms with van der Waals surface area (Å²) in [6.45, 7) is 5.54. The van der Waals surface area contributed by atoms with Gasteiger partial charge in [-0.25, -0.2) is 4.79 Å². The van der Waals surface area contributed by atoms with E-state index in [1.165, 1.54) is 29.7 Å². The van der Waals surface area contributed by atoms with Crippen molar-refractivity contribution in [2.75, 3.05) is 54.1 Å². The molecule has 0 bridgehead atoms. The number of anilines is 1. The monoisotopic (exact) mass is 921 g/mol. The molecule has 0 spiro atoms. The first kappa shape index (κ1) is 51.3. The maximum Gasteiger partial charge on any atom is 0.335 e. The Hall–Kier alpha value is -4.82. The quantitative estimate of drug-likeness (QED) is 0.0364. The number of hydrogen-bond donors (Lipinski definition) is 7. The Kier molecular flexibility index (Phi) is 18.9. The minimum Gasteiger partial charge on any atom is -0.478 e. The highest BCUT2D eigenvalue weighted by molar-refractivity contribution is 7.86. The van der Waals surface area contributed by atoms with Crippen LogP contribution in [0.25, 0.3) is 0 Å². The third kappa shape index (κ3) is 18.6. The number of allylic oxidation sites excluding steroid dienone is 6. The maximum absolute atomic E-state index is 13.3. The van der Waals surface area contributed by atoms with Crippen LogP contribution < -0.4 is 15.5 Å². The molecule has 0 aromatic heterocycles. The van der Waals surface area contributed by atoms with E-state index in [1.807, 2.05) is 0 Å². The highest BCUT2D eigenvalue weighted by Gasteiger charge is 2.25. The highest BCUT2D eigenvalue weighted by Crippen LogP contribution is 2.27. The second-order valence-electron chi connectivity index (χ2n) is 13.3. The minimum atomic E-state index is -4.46. The standard InChI is InChI=1S/C36H48N4O16S4/c1-25-22-29(36(43)44)12-13-32(25)39(16-8-18-57(45,46)47)26(2)10-6-5-7-11-27(3)40(17-9-19-58(48,49)50)33-24-30(34(41)37-14-20-59(51,52)53)23-31(28(33)4)35(42)38-15-21-60(54,55)56/h5-7,10-13,22-24H,8-9,14-21H2,1-4H3,(H6-,37,38,41,42,43,44,45,46,47,48,49,50,51,52,53,54,55,56)/p+1. The third-order valence-electron chi connectivity index (χ3n) is 8.52. The molecule has 7 N–H and O–H groups in total. The molecule has 2 aromatic carbocycles. The largest absolute Gasteiger partial charge is 0.478 e. The van der Waals surface area contributed by atoms with Crippen molar-refractivity contribution in [2.24, 2.45) is 0 Å². The second kappa shape index (κ2) is 22.1. The van der Waals surface area contributed by atoms with E-state index in [-0.39, 0.29) is 53.9 Å². The molecule has 332 valence electrons. The van der Waals surface area contributed by atoms with Crippen LogP contribution >= 0.6 is 0 Å². The van der Waals surface area contributed by atoms with E-state index >= 15 is 0 Å². The molecule has 0 aliphatic carbocycles. The topological polar surface area (TPSA) is 319 Å². The van der Waals surface area contributed by atoms with Crippen molar-refractivity contribution in [3.05, 3.63) is 94.2 Å². The van der Waals surface area contributed by atoms with Crippen LogP contribution in [0.1, 0.15) is 68.9 Å². The number of hydrogen-bond acceptors (Lipinski definition) is 12. The Morgan fingerprint density at radius 1 is 0.700 bits per heavy atom. The van der Waals surface area contributed by atoms with E-state index in [0.717, 1.165) is 6.07 Å². The van der Waals surface area contributed by atoms with Gasteiger partial charge in [0.2, 0.25) is 5.69 Å². The highest BCUT2D eigenvalue weighted by atomic mass is 32.2. The second-order valence-corrected chi connectivity index (χ2v) is 19.6. The van der Waals surface area contributed by atoms with E-state index in [4.69, 9.17) is 9.11 Å². The molecule has 0 saturated carbocycles. The average molecular weight is 922 g/mol. The van der Waals surface area contributed by atoms with Crippen LogP contribution in [0.2, 0.25) is 0 Å². The van der Waals surface area contributed by atoms with E-state index in [1.54, 1.807) is 62.1 Å². The predicted molar refractivity (Wildman–Crippen MR) is 224 cm³/mol. The SMILES string of the molecule is C\C(=C/C=C/C=C/C(C)=[N+](\CCCS(=O)(=O)O)c1cc(C(=O)NCCS(=O)(=O)O)cc(C(=O)NCCS(=O)(=O)O)c1C)N(CCCS(=O)(=O)O)c1ccc(C(=O)O)cc1C. The summed E-state index contributed by atoms with van der Waals surface area (Å²) in [5, 5.41) is 14.0. The molecule has 0 heterocycles. The third-order valence-corrected chi connectivity index (χ3v) is 11.6. The Morgan fingerprint density at radius 3 is 1.78 bits per heavy atom. The van der Waals surface area contributed by atoms with Crippen LogP contribution in [-0.4, -0.2) is 134 Å². The Morgan fingerprint density at radius 2 is 1.25 bits per heavy atom. The van der Waals surface area contributed by atoms with Crippen molar-refractivity contribution in [1.82, 2.24) is 10.6 Å². The summed E-state index contributed by atoms with van der Waals surface area (Å²) in [5.74, 6) is -5.69. The molecule has 0 saturated heterocycles. The van der Waals surface area contributed by atoms with Crippen molar-refractivity contribution >= 4 is 75.3 Å².